The van der Waals surface area contributed by atoms with E-state index in [-0.39, 0.29) is 16.2 Å². The van der Waals surface area contributed by atoms with Gasteiger partial charge in [0.25, 0.3) is 15.9 Å². The lowest BCUT2D eigenvalue weighted by Gasteiger charge is -2.20. The molecule has 0 aromatic heterocycles. The standard InChI is InChI=1S/C21H26N2O3S/c1-15-9-10-16(20(24)22-14-21(2,3)4)11-19(15)27(25,26)23-12-17-7-5-6-8-18(17)13-23/h5-7,9-11,13H,8,12,14H2,1-4H3,(H,22,24). The van der Waals surface area contributed by atoms with Crippen LogP contribution >= 0.6 is 0 Å². The first-order valence-corrected chi connectivity index (χ1v) is 10.5. The highest BCUT2D eigenvalue weighted by Gasteiger charge is 2.30. The molecule has 0 unspecified atom stereocenters. The Morgan fingerprint density at radius 1 is 1.22 bits per heavy atom. The molecule has 0 bridgehead atoms. The Hall–Kier alpha value is -2.34. The van der Waals surface area contributed by atoms with Gasteiger partial charge in [0.2, 0.25) is 0 Å². The topological polar surface area (TPSA) is 66.5 Å². The third-order valence-electron chi connectivity index (χ3n) is 4.63. The number of nitrogens with one attached hydrogen (secondary N) is 1. The average molecular weight is 387 g/mol. The van der Waals surface area contributed by atoms with Crippen LogP contribution in [0.2, 0.25) is 0 Å². The molecule has 27 heavy (non-hydrogen) atoms. The Balaban J connectivity index is 1.88. The number of carbonyl (C=O) groups is 1. The monoisotopic (exact) mass is 386 g/mol. The summed E-state index contributed by atoms with van der Waals surface area (Å²) in [5, 5.41) is 2.87. The fourth-order valence-corrected chi connectivity index (χ4v) is 4.62. The molecule has 1 amide bonds. The molecule has 1 heterocycles. The van der Waals surface area contributed by atoms with E-state index in [0.29, 0.717) is 24.2 Å². The van der Waals surface area contributed by atoms with Gasteiger partial charge in [-0.25, -0.2) is 8.42 Å². The zero-order valence-electron chi connectivity index (χ0n) is 16.2. The van der Waals surface area contributed by atoms with Gasteiger partial charge in [0.05, 0.1) is 11.4 Å². The molecule has 6 heteroatoms. The van der Waals surface area contributed by atoms with Crippen LogP contribution in [0, 0.1) is 12.3 Å². The number of hydrogen-bond donors (Lipinski definition) is 1. The lowest BCUT2D eigenvalue weighted by molar-refractivity contribution is 0.0939. The zero-order valence-corrected chi connectivity index (χ0v) is 17.1. The van der Waals surface area contributed by atoms with Gasteiger partial charge < -0.3 is 5.32 Å². The molecule has 0 radical (unpaired) electrons. The summed E-state index contributed by atoms with van der Waals surface area (Å²) in [5.74, 6) is -0.262. The number of rotatable bonds is 4. The van der Waals surface area contributed by atoms with E-state index in [9.17, 15) is 13.2 Å². The van der Waals surface area contributed by atoms with Crippen LogP contribution in [0.25, 0.3) is 0 Å². The molecule has 0 atom stereocenters. The summed E-state index contributed by atoms with van der Waals surface area (Å²) in [6, 6.07) is 4.84. The summed E-state index contributed by atoms with van der Waals surface area (Å²) >= 11 is 0. The van der Waals surface area contributed by atoms with Gasteiger partial charge in [0, 0.05) is 18.3 Å². The highest BCUT2D eigenvalue weighted by Crippen LogP contribution is 2.32. The van der Waals surface area contributed by atoms with Crippen molar-refractivity contribution in [1.82, 2.24) is 9.62 Å². The van der Waals surface area contributed by atoms with Crippen molar-refractivity contribution in [3.63, 3.8) is 0 Å². The van der Waals surface area contributed by atoms with Crippen LogP contribution in [0.15, 0.2) is 58.7 Å². The van der Waals surface area contributed by atoms with Crippen molar-refractivity contribution in [3.05, 3.63) is 64.9 Å². The van der Waals surface area contributed by atoms with Gasteiger partial charge in [-0.15, -0.1) is 0 Å². The molecule has 1 aromatic carbocycles. The molecule has 2 aliphatic rings. The number of carbonyl (C=O) groups excluding carboxylic acids is 1. The summed E-state index contributed by atoms with van der Waals surface area (Å²) in [7, 11) is -3.72. The highest BCUT2D eigenvalue weighted by atomic mass is 32.2. The maximum atomic E-state index is 13.2. The summed E-state index contributed by atoms with van der Waals surface area (Å²) in [4.78, 5) is 12.6. The first-order chi connectivity index (χ1) is 12.6. The average Bonchev–Trinajstić information content (AvgIpc) is 3.04. The number of amides is 1. The van der Waals surface area contributed by atoms with Gasteiger partial charge in [-0.1, -0.05) is 45.1 Å². The molecule has 0 spiro atoms. The van der Waals surface area contributed by atoms with Crippen molar-refractivity contribution in [2.24, 2.45) is 5.41 Å². The Morgan fingerprint density at radius 2 is 1.96 bits per heavy atom. The largest absolute Gasteiger partial charge is 0.352 e. The van der Waals surface area contributed by atoms with Crippen LogP contribution in [0.1, 0.15) is 43.1 Å². The third kappa shape index (κ3) is 4.16. The predicted octanol–water partition coefficient (Wildman–Crippen LogP) is 3.55. The quantitative estimate of drug-likeness (QED) is 0.861. The minimum atomic E-state index is -3.72. The zero-order chi connectivity index (χ0) is 19.8. The molecule has 144 valence electrons. The maximum absolute atomic E-state index is 13.2. The van der Waals surface area contributed by atoms with Crippen molar-refractivity contribution < 1.29 is 13.2 Å². The van der Waals surface area contributed by atoms with E-state index in [0.717, 1.165) is 17.6 Å². The van der Waals surface area contributed by atoms with Gasteiger partial charge in [0.1, 0.15) is 0 Å². The molecular weight excluding hydrogens is 360 g/mol. The van der Waals surface area contributed by atoms with E-state index in [4.69, 9.17) is 0 Å². The van der Waals surface area contributed by atoms with Gasteiger partial charge in [-0.2, -0.15) is 0 Å². The fraction of sp³-hybridized carbons (Fsp3) is 0.381. The summed E-state index contributed by atoms with van der Waals surface area (Å²) in [6.07, 6.45) is 8.36. The van der Waals surface area contributed by atoms with Crippen molar-refractivity contribution >= 4 is 15.9 Å². The van der Waals surface area contributed by atoms with E-state index in [1.807, 2.05) is 39.0 Å². The Kier molecular flexibility index (Phi) is 5.04. The molecule has 5 nitrogen and oxygen atoms in total. The molecular formula is C21H26N2O3S. The number of fused-ring (bicyclic) bond motifs is 1. The molecule has 1 N–H and O–H groups in total. The molecule has 0 saturated carbocycles. The number of hydrogen-bond acceptors (Lipinski definition) is 3. The van der Waals surface area contributed by atoms with Crippen molar-refractivity contribution in [1.29, 1.82) is 0 Å². The molecule has 3 rings (SSSR count). The van der Waals surface area contributed by atoms with Crippen molar-refractivity contribution in [3.8, 4) is 0 Å². The van der Waals surface area contributed by atoms with E-state index in [1.165, 1.54) is 10.4 Å². The maximum Gasteiger partial charge on any atom is 0.264 e. The van der Waals surface area contributed by atoms with Crippen molar-refractivity contribution in [2.45, 2.75) is 39.0 Å². The number of allylic oxidation sites excluding steroid dienone is 3. The van der Waals surface area contributed by atoms with E-state index < -0.39 is 10.0 Å². The number of aryl methyl sites for hydroxylation is 1. The van der Waals surface area contributed by atoms with Crippen LogP contribution in [-0.2, 0) is 10.0 Å². The Labute approximate surface area is 161 Å². The van der Waals surface area contributed by atoms with Crippen LogP contribution in [0.3, 0.4) is 0 Å². The second kappa shape index (κ2) is 7.00. The molecule has 0 fully saturated rings. The van der Waals surface area contributed by atoms with Crippen molar-refractivity contribution in [2.75, 3.05) is 13.1 Å². The number of nitrogens with zero attached hydrogens (tertiary/aromatic N) is 1. The molecule has 0 saturated heterocycles. The number of sulfonamides is 1. The smallest absolute Gasteiger partial charge is 0.264 e. The van der Waals surface area contributed by atoms with E-state index >= 15 is 0 Å². The summed E-state index contributed by atoms with van der Waals surface area (Å²) < 4.78 is 27.8. The van der Waals surface area contributed by atoms with E-state index in [1.54, 1.807) is 25.3 Å². The summed E-state index contributed by atoms with van der Waals surface area (Å²) in [6.45, 7) is 8.69. The number of benzene rings is 1. The third-order valence-corrected chi connectivity index (χ3v) is 6.47. The fourth-order valence-electron chi connectivity index (χ4n) is 3.04. The van der Waals surface area contributed by atoms with E-state index in [2.05, 4.69) is 5.32 Å². The van der Waals surface area contributed by atoms with Gasteiger partial charge in [-0.05, 0) is 47.6 Å². The van der Waals surface area contributed by atoms with Crippen LogP contribution in [-0.4, -0.2) is 31.7 Å². The molecule has 1 aliphatic carbocycles. The predicted molar refractivity (Wildman–Crippen MR) is 107 cm³/mol. The van der Waals surface area contributed by atoms with Crippen LogP contribution in [0.4, 0.5) is 0 Å². The van der Waals surface area contributed by atoms with Gasteiger partial charge in [-0.3, -0.25) is 9.10 Å². The highest BCUT2D eigenvalue weighted by molar-refractivity contribution is 7.89. The first-order valence-electron chi connectivity index (χ1n) is 9.05. The molecule has 1 aliphatic heterocycles. The van der Waals surface area contributed by atoms with Crippen LogP contribution < -0.4 is 5.32 Å². The first kappa shape index (κ1) is 19.4. The molecule has 1 aromatic rings. The van der Waals surface area contributed by atoms with Gasteiger partial charge in [0.15, 0.2) is 0 Å². The lowest BCUT2D eigenvalue weighted by Crippen LogP contribution is -2.32. The minimum absolute atomic E-state index is 0.0466. The lowest BCUT2D eigenvalue weighted by atomic mass is 9.97. The second-order valence-electron chi connectivity index (χ2n) is 8.25. The SMILES string of the molecule is Cc1ccc(C(=O)NCC(C)(C)C)cc1S(=O)(=O)N1C=C2CC=CC=C2C1. The summed E-state index contributed by atoms with van der Waals surface area (Å²) in [5.41, 5.74) is 2.99. The Bertz CT molecular complexity index is 964. The normalized spacial score (nSPS) is 16.7. The second-order valence-corrected chi connectivity index (χ2v) is 10.1. The minimum Gasteiger partial charge on any atom is -0.352 e. The van der Waals surface area contributed by atoms with Crippen LogP contribution in [0.5, 0.6) is 0 Å². The Morgan fingerprint density at radius 3 is 2.63 bits per heavy atom. The van der Waals surface area contributed by atoms with Gasteiger partial charge >= 0.3 is 0 Å².